The van der Waals surface area contributed by atoms with Crippen LogP contribution in [0.1, 0.15) is 58.4 Å². The van der Waals surface area contributed by atoms with E-state index in [0.717, 1.165) is 30.9 Å². The molecule has 5 rings (SSSR count). The zero-order valence-corrected chi connectivity index (χ0v) is 21.1. The summed E-state index contributed by atoms with van der Waals surface area (Å²) in [6, 6.07) is 6.16. The lowest BCUT2D eigenvalue weighted by Crippen LogP contribution is -2.54. The van der Waals surface area contributed by atoms with E-state index >= 15 is 0 Å². The van der Waals surface area contributed by atoms with E-state index in [1.807, 2.05) is 13.0 Å². The molecule has 0 radical (unpaired) electrons. The highest BCUT2D eigenvalue weighted by molar-refractivity contribution is 5.97. The van der Waals surface area contributed by atoms with Gasteiger partial charge < -0.3 is 15.5 Å². The highest BCUT2D eigenvalue weighted by atomic mass is 19.3. The molecule has 1 unspecified atom stereocenters. The lowest BCUT2D eigenvalue weighted by molar-refractivity contribution is -0.0867. The van der Waals surface area contributed by atoms with Gasteiger partial charge in [-0.3, -0.25) is 29.4 Å². The number of fused-ring (bicyclic) bond motifs is 3. The number of anilines is 1. The number of likely N-dealkylation sites (tertiary alicyclic amines) is 1. The number of rotatable bonds is 9. The number of hydrogen-bond donors (Lipinski definition) is 5. The number of halogens is 3. The summed E-state index contributed by atoms with van der Waals surface area (Å²) in [5.41, 5.74) is 8.24. The molecule has 12 heteroatoms. The maximum absolute atomic E-state index is 14.5. The zero-order valence-electron chi connectivity index (χ0n) is 21.1. The normalized spacial score (nSPS) is 24.4. The fourth-order valence-corrected chi connectivity index (χ4v) is 5.70. The predicted octanol–water partition coefficient (Wildman–Crippen LogP) is 1.74. The Morgan fingerprint density at radius 2 is 2.00 bits per heavy atom. The first-order valence-electron chi connectivity index (χ1n) is 12.9. The molecular weight excluding hydrogens is 501 g/mol. The number of aromatic nitrogens is 1. The second kappa shape index (κ2) is 10.8. The molecule has 1 aromatic carbocycles. The van der Waals surface area contributed by atoms with Crippen molar-refractivity contribution in [2.75, 3.05) is 44.8 Å². The Bertz CT molecular complexity index is 1160. The number of nitrogens with zero attached hydrogens (tertiary/aromatic N) is 3. The van der Waals surface area contributed by atoms with Crippen LogP contribution in [0, 0.1) is 0 Å². The molecule has 9 nitrogen and oxygen atoms in total. The molecule has 2 aromatic rings. The average Bonchev–Trinajstić information content (AvgIpc) is 2.88. The number of alkyl halides is 3. The van der Waals surface area contributed by atoms with Crippen LogP contribution < -0.4 is 16.2 Å². The van der Waals surface area contributed by atoms with Crippen LogP contribution in [0.15, 0.2) is 30.5 Å². The van der Waals surface area contributed by atoms with E-state index in [9.17, 15) is 28.2 Å². The maximum atomic E-state index is 14.5. The minimum atomic E-state index is -3.35. The fourth-order valence-electron chi connectivity index (χ4n) is 5.70. The van der Waals surface area contributed by atoms with Crippen LogP contribution in [0.25, 0.3) is 0 Å². The van der Waals surface area contributed by atoms with Crippen molar-refractivity contribution in [1.29, 1.82) is 0 Å². The van der Waals surface area contributed by atoms with Crippen molar-refractivity contribution >= 4 is 11.6 Å². The van der Waals surface area contributed by atoms with Gasteiger partial charge in [-0.2, -0.15) is 0 Å². The van der Waals surface area contributed by atoms with E-state index in [1.54, 1.807) is 29.3 Å². The van der Waals surface area contributed by atoms with Gasteiger partial charge >= 0.3 is 0 Å². The quantitative estimate of drug-likeness (QED) is 0.331. The van der Waals surface area contributed by atoms with Crippen LogP contribution in [-0.4, -0.2) is 88.4 Å². The highest BCUT2D eigenvalue weighted by Crippen LogP contribution is 2.43. The van der Waals surface area contributed by atoms with Crippen molar-refractivity contribution in [2.24, 2.45) is 0 Å². The number of carbonyl (C=O) groups is 1. The summed E-state index contributed by atoms with van der Waals surface area (Å²) < 4.78 is 41.5. The van der Waals surface area contributed by atoms with E-state index in [0.29, 0.717) is 29.7 Å². The van der Waals surface area contributed by atoms with Gasteiger partial charge in [0.15, 0.2) is 0 Å². The molecule has 3 aliphatic rings. The number of pyridine rings is 1. The minimum absolute atomic E-state index is 0.212. The van der Waals surface area contributed by atoms with Gasteiger partial charge in [-0.25, -0.2) is 14.2 Å². The second-order valence-corrected chi connectivity index (χ2v) is 10.4. The van der Waals surface area contributed by atoms with E-state index in [1.165, 1.54) is 0 Å². The number of aliphatic hydroxyl groups excluding tert-OH is 2. The van der Waals surface area contributed by atoms with E-state index in [-0.39, 0.29) is 24.3 Å². The Morgan fingerprint density at radius 1 is 1.21 bits per heavy atom. The third-order valence-electron chi connectivity index (χ3n) is 7.55. The third kappa shape index (κ3) is 5.23. The van der Waals surface area contributed by atoms with Crippen LogP contribution in [0.3, 0.4) is 0 Å². The molecule has 1 aromatic heterocycles. The van der Waals surface area contributed by atoms with E-state index in [4.69, 9.17) is 0 Å². The standard InChI is InChI=1S/C26H33F3N6O3/c1-15-9-16-3-5-19-22(25(38)33-32-24(19)37)21(16)23(35(15)13-26(28,29)14-36)20-6-4-17(10-30-20)31-18-11-34(12-18)8-2-7-27/h3-6,10,15,18,23,25,31,33,36,38H,2,7-9,11-14H2,1H3,(H,32,37)/t15-,23-,25?/m1/s1. The number of hydrazine groups is 1. The van der Waals surface area contributed by atoms with Gasteiger partial charge in [0.2, 0.25) is 0 Å². The lowest BCUT2D eigenvalue weighted by Gasteiger charge is -2.45. The summed E-state index contributed by atoms with van der Waals surface area (Å²) in [4.78, 5) is 20.9. The molecule has 3 atom stereocenters. The summed E-state index contributed by atoms with van der Waals surface area (Å²) in [6.45, 7) is 1.83. The molecule has 5 N–H and O–H groups in total. The molecule has 1 saturated heterocycles. The summed E-state index contributed by atoms with van der Waals surface area (Å²) in [5.74, 6) is -3.78. The smallest absolute Gasteiger partial charge is 0.283 e. The van der Waals surface area contributed by atoms with Crippen molar-refractivity contribution in [3.8, 4) is 0 Å². The summed E-state index contributed by atoms with van der Waals surface area (Å²) in [5, 5.41) is 23.5. The molecule has 38 heavy (non-hydrogen) atoms. The van der Waals surface area contributed by atoms with Gasteiger partial charge in [0.1, 0.15) is 12.8 Å². The average molecular weight is 535 g/mol. The summed E-state index contributed by atoms with van der Waals surface area (Å²) in [6.07, 6.45) is 1.37. The molecule has 206 valence electrons. The number of nitrogens with one attached hydrogen (secondary N) is 3. The summed E-state index contributed by atoms with van der Waals surface area (Å²) >= 11 is 0. The van der Waals surface area contributed by atoms with E-state index in [2.05, 4.69) is 26.1 Å². The first kappa shape index (κ1) is 26.8. The van der Waals surface area contributed by atoms with Gasteiger partial charge in [-0.05, 0) is 49.1 Å². The largest absolute Gasteiger partial charge is 0.390 e. The Kier molecular flexibility index (Phi) is 7.60. The van der Waals surface area contributed by atoms with Gasteiger partial charge in [-0.1, -0.05) is 6.07 Å². The Labute approximate surface area is 219 Å². The van der Waals surface area contributed by atoms with E-state index < -0.39 is 37.3 Å². The third-order valence-corrected chi connectivity index (χ3v) is 7.55. The van der Waals surface area contributed by atoms with Crippen molar-refractivity contribution in [3.63, 3.8) is 0 Å². The zero-order chi connectivity index (χ0) is 27.0. The molecule has 0 aliphatic carbocycles. The molecule has 1 fully saturated rings. The van der Waals surface area contributed by atoms with Crippen LogP contribution in [-0.2, 0) is 6.42 Å². The predicted molar refractivity (Wildman–Crippen MR) is 134 cm³/mol. The van der Waals surface area contributed by atoms with Gasteiger partial charge in [0.05, 0.1) is 42.9 Å². The first-order valence-corrected chi connectivity index (χ1v) is 12.9. The monoisotopic (exact) mass is 534 g/mol. The van der Waals surface area contributed by atoms with Gasteiger partial charge in [0, 0.05) is 36.8 Å². The number of aliphatic hydroxyl groups is 2. The molecule has 0 saturated carbocycles. The molecule has 0 bridgehead atoms. The molecule has 4 heterocycles. The number of hydrogen-bond acceptors (Lipinski definition) is 8. The van der Waals surface area contributed by atoms with Crippen molar-refractivity contribution in [3.05, 3.63) is 58.4 Å². The van der Waals surface area contributed by atoms with Crippen LogP contribution >= 0.6 is 0 Å². The van der Waals surface area contributed by atoms with Crippen LogP contribution in [0.5, 0.6) is 0 Å². The lowest BCUT2D eigenvalue weighted by atomic mass is 9.80. The minimum Gasteiger partial charge on any atom is -0.390 e. The highest BCUT2D eigenvalue weighted by Gasteiger charge is 2.43. The SMILES string of the molecule is C[C@@H]1Cc2ccc3c(c2[C@@H](c2ccc(NC4CN(CCCF)C4)cn2)N1CC(F)(F)CO)C(O)NNC3=O. The number of carbonyl (C=O) groups excluding carboxylic acids is 1. The topological polar surface area (TPSA) is 113 Å². The molecule has 3 aliphatic heterocycles. The molecular formula is C26H33F3N6O3. The first-order chi connectivity index (χ1) is 18.2. The Hall–Kier alpha value is -2.77. The fraction of sp³-hybridized carbons (Fsp3) is 0.538. The Morgan fingerprint density at radius 3 is 2.68 bits per heavy atom. The van der Waals surface area contributed by atoms with Crippen LogP contribution in [0.2, 0.25) is 0 Å². The Balaban J connectivity index is 1.48. The summed E-state index contributed by atoms with van der Waals surface area (Å²) in [7, 11) is 0. The van der Waals surface area contributed by atoms with Crippen molar-refractivity contribution in [2.45, 2.75) is 50.0 Å². The number of amides is 1. The maximum Gasteiger partial charge on any atom is 0.283 e. The van der Waals surface area contributed by atoms with Crippen LogP contribution in [0.4, 0.5) is 18.9 Å². The van der Waals surface area contributed by atoms with Gasteiger partial charge in [0.25, 0.3) is 11.8 Å². The molecule has 1 amide bonds. The second-order valence-electron chi connectivity index (χ2n) is 10.4. The van der Waals surface area contributed by atoms with Crippen molar-refractivity contribution in [1.82, 2.24) is 25.6 Å². The van der Waals surface area contributed by atoms with Crippen molar-refractivity contribution < 1.29 is 28.2 Å². The van der Waals surface area contributed by atoms with Gasteiger partial charge in [-0.15, -0.1) is 0 Å². The number of benzene rings is 1. The molecule has 0 spiro atoms.